The molecule has 2 rings (SSSR count). The first kappa shape index (κ1) is 15.8. The maximum absolute atomic E-state index is 3.34. The minimum absolute atomic E-state index is 0.528. The molecule has 0 aliphatic rings. The molecule has 0 heterocycles. The lowest BCUT2D eigenvalue weighted by molar-refractivity contribution is 0.625. The number of rotatable bonds is 6. The highest BCUT2D eigenvalue weighted by atomic mass is 14.8. The molecule has 1 N–H and O–H groups in total. The van der Waals surface area contributed by atoms with Crippen molar-refractivity contribution in [1.29, 1.82) is 0 Å². The molecular formula is C20H27N. The summed E-state index contributed by atoms with van der Waals surface area (Å²) in [5.41, 5.74) is 5.60. The largest absolute Gasteiger partial charge is 0.319 e. The van der Waals surface area contributed by atoms with Crippen molar-refractivity contribution >= 4 is 0 Å². The van der Waals surface area contributed by atoms with Gasteiger partial charge in [-0.05, 0) is 43.0 Å². The summed E-state index contributed by atoms with van der Waals surface area (Å²) in [6, 6.07) is 18.0. The van der Waals surface area contributed by atoms with Gasteiger partial charge in [-0.25, -0.2) is 0 Å². The summed E-state index contributed by atoms with van der Waals surface area (Å²) in [5.74, 6) is 1.13. The molecule has 0 bridgehead atoms. The van der Waals surface area contributed by atoms with Crippen LogP contribution in [0.5, 0.6) is 0 Å². The SMILES string of the molecule is CNCC(Cc1ccc(C(C)C)cc1)c1cccc(C)c1. The molecule has 112 valence electrons. The molecule has 0 radical (unpaired) electrons. The Morgan fingerprint density at radius 3 is 2.24 bits per heavy atom. The molecule has 1 heteroatoms. The molecule has 1 unspecified atom stereocenters. The summed E-state index contributed by atoms with van der Waals surface area (Å²) in [6.45, 7) is 7.66. The maximum atomic E-state index is 3.34. The Morgan fingerprint density at radius 1 is 0.952 bits per heavy atom. The second-order valence-electron chi connectivity index (χ2n) is 6.27. The molecule has 1 atom stereocenters. The molecule has 0 saturated carbocycles. The van der Waals surface area contributed by atoms with Crippen LogP contribution in [0.25, 0.3) is 0 Å². The number of aryl methyl sites for hydroxylation is 1. The minimum atomic E-state index is 0.528. The van der Waals surface area contributed by atoms with Crippen LogP contribution in [-0.4, -0.2) is 13.6 Å². The van der Waals surface area contributed by atoms with Crippen molar-refractivity contribution in [2.45, 2.75) is 39.0 Å². The summed E-state index contributed by atoms with van der Waals surface area (Å²) in [4.78, 5) is 0. The molecule has 0 aromatic heterocycles. The molecule has 0 saturated heterocycles. The Bertz CT molecular complexity index is 554. The number of hydrogen-bond donors (Lipinski definition) is 1. The Kier molecular flexibility index (Phi) is 5.58. The first-order chi connectivity index (χ1) is 10.1. The number of benzene rings is 2. The van der Waals surface area contributed by atoms with Crippen LogP contribution < -0.4 is 5.32 Å². The standard InChI is InChI=1S/C20H27N/c1-15(2)18-10-8-17(9-11-18)13-20(14-21-4)19-7-5-6-16(3)12-19/h5-12,15,20-21H,13-14H2,1-4H3. The second-order valence-corrected chi connectivity index (χ2v) is 6.27. The van der Waals surface area contributed by atoms with Crippen LogP contribution in [-0.2, 0) is 6.42 Å². The van der Waals surface area contributed by atoms with Gasteiger partial charge in [0.2, 0.25) is 0 Å². The van der Waals surface area contributed by atoms with E-state index in [-0.39, 0.29) is 0 Å². The quantitative estimate of drug-likeness (QED) is 0.811. The average Bonchev–Trinajstić information content (AvgIpc) is 2.47. The van der Waals surface area contributed by atoms with Gasteiger partial charge in [0.25, 0.3) is 0 Å². The fraction of sp³-hybridized carbons (Fsp3) is 0.400. The molecule has 21 heavy (non-hydrogen) atoms. The summed E-state index contributed by atoms with van der Waals surface area (Å²) >= 11 is 0. The van der Waals surface area contributed by atoms with E-state index < -0.39 is 0 Å². The highest BCUT2D eigenvalue weighted by molar-refractivity contribution is 5.30. The lowest BCUT2D eigenvalue weighted by Crippen LogP contribution is -2.19. The second kappa shape index (κ2) is 7.42. The van der Waals surface area contributed by atoms with Crippen molar-refractivity contribution in [2.24, 2.45) is 0 Å². The zero-order valence-corrected chi connectivity index (χ0v) is 13.7. The molecule has 0 aliphatic carbocycles. The molecule has 2 aromatic rings. The minimum Gasteiger partial charge on any atom is -0.319 e. The van der Waals surface area contributed by atoms with E-state index in [4.69, 9.17) is 0 Å². The third kappa shape index (κ3) is 4.44. The lowest BCUT2D eigenvalue weighted by atomic mass is 9.90. The Morgan fingerprint density at radius 2 is 1.67 bits per heavy atom. The average molecular weight is 281 g/mol. The van der Waals surface area contributed by atoms with Crippen LogP contribution in [0.15, 0.2) is 48.5 Å². The summed E-state index contributed by atoms with van der Waals surface area (Å²) in [7, 11) is 2.03. The van der Waals surface area contributed by atoms with Crippen LogP contribution in [0.2, 0.25) is 0 Å². The Hall–Kier alpha value is -1.60. The molecule has 0 fully saturated rings. The van der Waals surface area contributed by atoms with Crippen LogP contribution in [0.1, 0.15) is 47.9 Å². The normalized spacial score (nSPS) is 12.6. The molecule has 0 aliphatic heterocycles. The van der Waals surface area contributed by atoms with Crippen molar-refractivity contribution < 1.29 is 0 Å². The van der Waals surface area contributed by atoms with Gasteiger partial charge in [-0.1, -0.05) is 67.9 Å². The van der Waals surface area contributed by atoms with Gasteiger partial charge in [-0.2, -0.15) is 0 Å². The third-order valence-corrected chi connectivity index (χ3v) is 4.09. The molecule has 1 nitrogen and oxygen atoms in total. The van der Waals surface area contributed by atoms with Crippen LogP contribution >= 0.6 is 0 Å². The Labute approximate surface area is 129 Å². The van der Waals surface area contributed by atoms with Gasteiger partial charge in [0.05, 0.1) is 0 Å². The molecule has 0 amide bonds. The van der Waals surface area contributed by atoms with Gasteiger partial charge in [-0.3, -0.25) is 0 Å². The van der Waals surface area contributed by atoms with Crippen molar-refractivity contribution in [3.63, 3.8) is 0 Å². The van der Waals surface area contributed by atoms with E-state index in [0.717, 1.165) is 13.0 Å². The molecular weight excluding hydrogens is 254 g/mol. The van der Waals surface area contributed by atoms with Gasteiger partial charge >= 0.3 is 0 Å². The van der Waals surface area contributed by atoms with E-state index in [1.54, 1.807) is 0 Å². The third-order valence-electron chi connectivity index (χ3n) is 4.09. The smallest absolute Gasteiger partial charge is 0.00203 e. The predicted molar refractivity (Wildman–Crippen MR) is 92.1 cm³/mol. The summed E-state index contributed by atoms with van der Waals surface area (Å²) < 4.78 is 0. The van der Waals surface area contributed by atoms with Crippen LogP contribution in [0.3, 0.4) is 0 Å². The molecule has 2 aromatic carbocycles. The van der Waals surface area contributed by atoms with E-state index in [9.17, 15) is 0 Å². The highest BCUT2D eigenvalue weighted by Gasteiger charge is 2.12. The summed E-state index contributed by atoms with van der Waals surface area (Å²) in [6.07, 6.45) is 1.09. The summed E-state index contributed by atoms with van der Waals surface area (Å²) in [5, 5.41) is 3.34. The van der Waals surface area contributed by atoms with E-state index >= 15 is 0 Å². The lowest BCUT2D eigenvalue weighted by Gasteiger charge is -2.18. The van der Waals surface area contributed by atoms with E-state index in [0.29, 0.717) is 11.8 Å². The van der Waals surface area contributed by atoms with E-state index in [1.807, 2.05) is 7.05 Å². The van der Waals surface area contributed by atoms with E-state index in [2.05, 4.69) is 74.6 Å². The fourth-order valence-electron chi connectivity index (χ4n) is 2.80. The highest BCUT2D eigenvalue weighted by Crippen LogP contribution is 2.23. The zero-order valence-electron chi connectivity index (χ0n) is 13.7. The topological polar surface area (TPSA) is 12.0 Å². The van der Waals surface area contributed by atoms with E-state index in [1.165, 1.54) is 22.3 Å². The van der Waals surface area contributed by atoms with Crippen molar-refractivity contribution in [1.82, 2.24) is 5.32 Å². The van der Waals surface area contributed by atoms with Crippen molar-refractivity contribution in [2.75, 3.05) is 13.6 Å². The van der Waals surface area contributed by atoms with Crippen molar-refractivity contribution in [3.8, 4) is 0 Å². The van der Waals surface area contributed by atoms with Crippen LogP contribution in [0.4, 0.5) is 0 Å². The first-order valence-electron chi connectivity index (χ1n) is 7.90. The van der Waals surface area contributed by atoms with Gasteiger partial charge < -0.3 is 5.32 Å². The fourth-order valence-corrected chi connectivity index (χ4v) is 2.80. The van der Waals surface area contributed by atoms with Crippen molar-refractivity contribution in [3.05, 3.63) is 70.8 Å². The monoisotopic (exact) mass is 281 g/mol. The predicted octanol–water partition coefficient (Wildman–Crippen LogP) is 4.66. The van der Waals surface area contributed by atoms with Gasteiger partial charge in [0.15, 0.2) is 0 Å². The zero-order chi connectivity index (χ0) is 15.2. The van der Waals surface area contributed by atoms with Gasteiger partial charge in [-0.15, -0.1) is 0 Å². The van der Waals surface area contributed by atoms with Gasteiger partial charge in [0.1, 0.15) is 0 Å². The maximum Gasteiger partial charge on any atom is 0.00203 e. The first-order valence-corrected chi connectivity index (χ1v) is 7.90. The number of nitrogens with one attached hydrogen (secondary N) is 1. The van der Waals surface area contributed by atoms with Gasteiger partial charge in [0, 0.05) is 12.5 Å². The number of likely N-dealkylation sites (N-methyl/N-ethyl adjacent to an activating group) is 1. The number of hydrogen-bond acceptors (Lipinski definition) is 1. The molecule has 0 spiro atoms. The Balaban J connectivity index is 2.16. The van der Waals surface area contributed by atoms with Crippen LogP contribution in [0, 0.1) is 6.92 Å².